The predicted octanol–water partition coefficient (Wildman–Crippen LogP) is 9.42. The Bertz CT molecular complexity index is 2140. The highest BCUT2D eigenvalue weighted by atomic mass is 15.0. The summed E-state index contributed by atoms with van der Waals surface area (Å²) in [5.41, 5.74) is 3.44. The fourth-order valence-corrected chi connectivity index (χ4v) is 4.97. The minimum Gasteiger partial charge on any atom is -0.309 e. The summed E-state index contributed by atoms with van der Waals surface area (Å²) in [6.45, 7) is 5.96. The standard InChI is InChI=1S/C34H29N/c1-34(2,3)33-28(25-16-9-5-10-17-25)22-23-30-32(33)31-27(24-14-7-4-8-15-24)20-13-21-29(31)35(30)26-18-11-6-12-19-26/h4-23H,1-3H3/i4D,5D,7D,8D,9D,10D,14D,15D,16D,17D. The molecule has 5 aromatic carbocycles. The van der Waals surface area contributed by atoms with E-state index in [9.17, 15) is 0 Å². The molecule has 0 aliphatic rings. The molecule has 0 aliphatic carbocycles. The van der Waals surface area contributed by atoms with Crippen LogP contribution in [0, 0.1) is 0 Å². The first-order valence-corrected chi connectivity index (χ1v) is 11.5. The van der Waals surface area contributed by atoms with Gasteiger partial charge in [-0.25, -0.2) is 0 Å². The van der Waals surface area contributed by atoms with Gasteiger partial charge < -0.3 is 4.57 Å². The first kappa shape index (κ1) is 13.1. The van der Waals surface area contributed by atoms with E-state index in [1.54, 1.807) is 18.2 Å². The number of hydrogen-bond donors (Lipinski definition) is 0. The molecule has 0 amide bonds. The Kier molecular flexibility index (Phi) is 3.10. The maximum Gasteiger partial charge on any atom is 0.0629 e. The second kappa shape index (κ2) is 8.29. The Balaban J connectivity index is 1.92. The summed E-state index contributed by atoms with van der Waals surface area (Å²) in [5, 5.41) is 1.34. The molecule has 0 saturated carbocycles. The maximum atomic E-state index is 8.82. The quantitative estimate of drug-likeness (QED) is 0.247. The van der Waals surface area contributed by atoms with Crippen LogP contribution in [0.1, 0.15) is 40.0 Å². The number of para-hydroxylation sites is 1. The van der Waals surface area contributed by atoms with Crippen molar-refractivity contribution < 1.29 is 13.7 Å². The van der Waals surface area contributed by atoms with Crippen molar-refractivity contribution in [2.24, 2.45) is 0 Å². The van der Waals surface area contributed by atoms with E-state index in [0.29, 0.717) is 27.5 Å². The van der Waals surface area contributed by atoms with Gasteiger partial charge >= 0.3 is 0 Å². The summed E-state index contributed by atoms with van der Waals surface area (Å²) in [4.78, 5) is 0. The molecular formula is C34H29N. The number of nitrogens with zero attached hydrogens (tertiary/aromatic N) is 1. The molecule has 0 saturated heterocycles. The summed E-state index contributed by atoms with van der Waals surface area (Å²) in [6, 6.07) is 14.8. The molecule has 0 atom stereocenters. The molecule has 1 aromatic heterocycles. The molecule has 0 radical (unpaired) electrons. The fraction of sp³-hybridized carbons (Fsp3) is 0.118. The van der Waals surface area contributed by atoms with E-state index in [2.05, 4.69) is 0 Å². The van der Waals surface area contributed by atoms with Crippen molar-refractivity contribution in [1.82, 2.24) is 4.57 Å². The number of hydrogen-bond acceptors (Lipinski definition) is 0. The van der Waals surface area contributed by atoms with Crippen LogP contribution in [0.4, 0.5) is 0 Å². The molecule has 1 nitrogen and oxygen atoms in total. The van der Waals surface area contributed by atoms with Crippen LogP contribution in [0.3, 0.4) is 0 Å². The van der Waals surface area contributed by atoms with Gasteiger partial charge in [0.1, 0.15) is 0 Å². The molecule has 0 fully saturated rings. The van der Waals surface area contributed by atoms with Crippen LogP contribution in [0.2, 0.25) is 0 Å². The summed E-state index contributed by atoms with van der Waals surface area (Å²) in [5.74, 6) is 0. The normalized spacial score (nSPS) is 15.9. The largest absolute Gasteiger partial charge is 0.309 e. The highest BCUT2D eigenvalue weighted by Crippen LogP contribution is 2.46. The van der Waals surface area contributed by atoms with Crippen LogP contribution in [0.5, 0.6) is 0 Å². The van der Waals surface area contributed by atoms with E-state index in [1.807, 2.05) is 67.8 Å². The topological polar surface area (TPSA) is 4.93 Å². The highest BCUT2D eigenvalue weighted by Gasteiger charge is 2.27. The molecule has 6 aromatic rings. The highest BCUT2D eigenvalue weighted by molar-refractivity contribution is 6.18. The van der Waals surface area contributed by atoms with Crippen molar-refractivity contribution in [3.05, 3.63) is 127 Å². The van der Waals surface area contributed by atoms with Crippen molar-refractivity contribution in [3.63, 3.8) is 0 Å². The first-order chi connectivity index (χ1) is 21.2. The Morgan fingerprint density at radius 2 is 1.17 bits per heavy atom. The predicted molar refractivity (Wildman–Crippen MR) is 150 cm³/mol. The molecule has 35 heavy (non-hydrogen) atoms. The second-order valence-corrected chi connectivity index (χ2v) is 9.50. The third kappa shape index (κ3) is 3.56. The molecule has 1 heteroatoms. The number of fused-ring (bicyclic) bond motifs is 3. The Labute approximate surface area is 221 Å². The molecule has 0 N–H and O–H groups in total. The van der Waals surface area contributed by atoms with Crippen LogP contribution in [0.25, 0.3) is 49.7 Å². The molecular weight excluding hydrogens is 422 g/mol. The van der Waals surface area contributed by atoms with Crippen molar-refractivity contribution in [3.8, 4) is 27.9 Å². The summed E-state index contributed by atoms with van der Waals surface area (Å²) in [6.07, 6.45) is 0. The van der Waals surface area contributed by atoms with Gasteiger partial charge in [-0.2, -0.15) is 0 Å². The van der Waals surface area contributed by atoms with Gasteiger partial charge in [-0.3, -0.25) is 0 Å². The van der Waals surface area contributed by atoms with E-state index < -0.39 is 41.7 Å². The zero-order chi connectivity index (χ0) is 32.7. The van der Waals surface area contributed by atoms with E-state index >= 15 is 0 Å². The van der Waals surface area contributed by atoms with Gasteiger partial charge in [0.05, 0.1) is 24.7 Å². The number of rotatable bonds is 3. The van der Waals surface area contributed by atoms with Crippen molar-refractivity contribution in [2.75, 3.05) is 0 Å². The lowest BCUT2D eigenvalue weighted by atomic mass is 9.78. The summed E-state index contributed by atoms with van der Waals surface area (Å²) in [7, 11) is 0. The van der Waals surface area contributed by atoms with Gasteiger partial charge in [-0.15, -0.1) is 0 Å². The molecule has 0 bridgehead atoms. The summed E-state index contributed by atoms with van der Waals surface area (Å²) < 4.78 is 87.1. The van der Waals surface area contributed by atoms with Gasteiger partial charge in [0, 0.05) is 16.5 Å². The molecule has 0 spiro atoms. The average Bonchev–Trinajstić information content (AvgIpc) is 3.35. The van der Waals surface area contributed by atoms with Crippen molar-refractivity contribution in [2.45, 2.75) is 26.2 Å². The van der Waals surface area contributed by atoms with Crippen LogP contribution >= 0.6 is 0 Å². The smallest absolute Gasteiger partial charge is 0.0629 e. The Hall–Kier alpha value is -4.10. The summed E-state index contributed by atoms with van der Waals surface area (Å²) >= 11 is 0. The lowest BCUT2D eigenvalue weighted by Gasteiger charge is -2.25. The van der Waals surface area contributed by atoms with Crippen LogP contribution in [-0.2, 0) is 5.41 Å². The zero-order valence-corrected chi connectivity index (χ0v) is 19.7. The number of aromatic nitrogens is 1. The minimum atomic E-state index is -0.638. The molecule has 6 rings (SSSR count). The van der Waals surface area contributed by atoms with Gasteiger partial charge in [0.25, 0.3) is 0 Å². The van der Waals surface area contributed by atoms with E-state index in [4.69, 9.17) is 13.7 Å². The maximum absolute atomic E-state index is 8.82. The third-order valence-electron chi connectivity index (χ3n) is 6.26. The van der Waals surface area contributed by atoms with Crippen molar-refractivity contribution in [1.29, 1.82) is 0 Å². The monoisotopic (exact) mass is 461 g/mol. The zero-order valence-electron chi connectivity index (χ0n) is 29.7. The van der Waals surface area contributed by atoms with E-state index in [-0.39, 0.29) is 35.3 Å². The first-order valence-electron chi connectivity index (χ1n) is 16.5. The second-order valence-electron chi connectivity index (χ2n) is 9.50. The number of benzene rings is 5. The van der Waals surface area contributed by atoms with Gasteiger partial charge in [-0.05, 0) is 57.5 Å². The van der Waals surface area contributed by atoms with Gasteiger partial charge in [0.2, 0.25) is 0 Å². The molecule has 0 aliphatic heterocycles. The van der Waals surface area contributed by atoms with E-state index in [0.717, 1.165) is 16.7 Å². The van der Waals surface area contributed by atoms with Crippen LogP contribution < -0.4 is 0 Å². The SMILES string of the molecule is [2H]c1c([2H])c([2H])c(-c2ccc3c(c2C(C)(C)C)c2c(-c4c([2H])c([2H])c([2H])c([2H])c4[2H])cccc2n3-c2ccccc2)c([2H])c1[2H]. The minimum absolute atomic E-state index is 0.0618. The van der Waals surface area contributed by atoms with Crippen LogP contribution in [0.15, 0.2) is 121 Å². The lowest BCUT2D eigenvalue weighted by molar-refractivity contribution is 0.598. The lowest BCUT2D eigenvalue weighted by Crippen LogP contribution is -2.13. The van der Waals surface area contributed by atoms with Gasteiger partial charge in [-0.1, -0.05) is 118 Å². The van der Waals surface area contributed by atoms with E-state index in [1.165, 1.54) is 0 Å². The third-order valence-corrected chi connectivity index (χ3v) is 6.26. The Morgan fingerprint density at radius 1 is 0.571 bits per heavy atom. The molecule has 170 valence electrons. The molecule has 1 heterocycles. The molecule has 0 unspecified atom stereocenters. The van der Waals surface area contributed by atoms with Crippen molar-refractivity contribution >= 4 is 21.8 Å². The fourth-order valence-electron chi connectivity index (χ4n) is 4.97. The average molecular weight is 462 g/mol. The van der Waals surface area contributed by atoms with Crippen LogP contribution in [-0.4, -0.2) is 4.57 Å². The Morgan fingerprint density at radius 3 is 1.80 bits per heavy atom. The van der Waals surface area contributed by atoms with Gasteiger partial charge in [0.15, 0.2) is 0 Å².